The van der Waals surface area contributed by atoms with Crippen molar-refractivity contribution in [1.82, 2.24) is 9.88 Å². The molecule has 0 atom stereocenters. The van der Waals surface area contributed by atoms with Gasteiger partial charge in [-0.2, -0.15) is 0 Å². The molecule has 0 spiro atoms. The number of thiazole rings is 1. The molecule has 1 aromatic heterocycles. The van der Waals surface area contributed by atoms with Gasteiger partial charge < -0.3 is 10.6 Å². The van der Waals surface area contributed by atoms with E-state index in [-0.39, 0.29) is 5.91 Å². The molecule has 2 heterocycles. The molecule has 1 aliphatic rings. The summed E-state index contributed by atoms with van der Waals surface area (Å²) in [5.74, 6) is 0.728. The summed E-state index contributed by atoms with van der Waals surface area (Å²) in [6.07, 6.45) is 4.01. The van der Waals surface area contributed by atoms with Crippen LogP contribution in [0.4, 0.5) is 5.13 Å². The van der Waals surface area contributed by atoms with Crippen molar-refractivity contribution in [2.75, 3.05) is 24.6 Å². The quantitative estimate of drug-likeness (QED) is 0.816. The van der Waals surface area contributed by atoms with Gasteiger partial charge in [-0.15, -0.1) is 11.8 Å². The van der Waals surface area contributed by atoms with Gasteiger partial charge in [-0.3, -0.25) is 4.79 Å². The Hall–Kier alpha value is -0.750. The third-order valence-electron chi connectivity index (χ3n) is 2.30. The molecule has 1 aliphatic heterocycles. The van der Waals surface area contributed by atoms with E-state index in [0.29, 0.717) is 10.9 Å². The number of nitrogen functional groups attached to an aromatic ring is 1. The number of thioether (sulfide) groups is 1. The molecule has 1 amide bonds. The fraction of sp³-hybridized carbons (Fsp3) is 0.556. The molecule has 2 N–H and O–H groups in total. The molecule has 15 heavy (non-hydrogen) atoms. The van der Waals surface area contributed by atoms with Crippen LogP contribution < -0.4 is 5.73 Å². The molecule has 6 heteroatoms. The van der Waals surface area contributed by atoms with Crippen molar-refractivity contribution < 1.29 is 4.79 Å². The van der Waals surface area contributed by atoms with Crippen molar-refractivity contribution in [3.63, 3.8) is 0 Å². The molecular weight excluding hydrogens is 230 g/mol. The van der Waals surface area contributed by atoms with Crippen molar-refractivity contribution in [2.24, 2.45) is 0 Å². The second-order valence-corrected chi connectivity index (χ2v) is 5.73. The van der Waals surface area contributed by atoms with Crippen LogP contribution in [0.25, 0.3) is 0 Å². The number of nitrogens with two attached hydrogens (primary N) is 1. The van der Waals surface area contributed by atoms with E-state index < -0.39 is 0 Å². The first-order valence-corrected chi connectivity index (χ1v) is 6.68. The van der Waals surface area contributed by atoms with E-state index in [1.54, 1.807) is 6.20 Å². The molecule has 0 aliphatic carbocycles. The molecule has 0 unspecified atom stereocenters. The lowest BCUT2D eigenvalue weighted by molar-refractivity contribution is -0.127. The van der Waals surface area contributed by atoms with E-state index in [4.69, 9.17) is 5.73 Å². The van der Waals surface area contributed by atoms with Crippen LogP contribution in [0.5, 0.6) is 0 Å². The van der Waals surface area contributed by atoms with Crippen LogP contribution in [0.2, 0.25) is 0 Å². The first-order chi connectivity index (χ1) is 7.25. The molecule has 82 valence electrons. The molecule has 4 nitrogen and oxygen atoms in total. The molecule has 0 bridgehead atoms. The minimum atomic E-state index is 0.226. The number of likely N-dealkylation sites (tertiary alicyclic amines) is 1. The summed E-state index contributed by atoms with van der Waals surface area (Å²) in [6, 6.07) is 0. The third-order valence-corrected chi connectivity index (χ3v) is 4.30. The largest absolute Gasteiger partial charge is 0.375 e. The highest BCUT2D eigenvalue weighted by Gasteiger charge is 2.17. The Morgan fingerprint density at radius 1 is 1.60 bits per heavy atom. The topological polar surface area (TPSA) is 59.2 Å². The Morgan fingerprint density at radius 2 is 2.33 bits per heavy atom. The van der Waals surface area contributed by atoms with Crippen LogP contribution in [0.1, 0.15) is 12.8 Å². The Labute approximate surface area is 96.9 Å². The summed E-state index contributed by atoms with van der Waals surface area (Å²) in [4.78, 5) is 17.6. The highest BCUT2D eigenvalue weighted by Crippen LogP contribution is 2.26. The fourth-order valence-electron chi connectivity index (χ4n) is 1.53. The van der Waals surface area contributed by atoms with Gasteiger partial charge in [-0.05, 0) is 12.8 Å². The zero-order valence-electron chi connectivity index (χ0n) is 8.31. The van der Waals surface area contributed by atoms with Gasteiger partial charge in [0, 0.05) is 13.1 Å². The summed E-state index contributed by atoms with van der Waals surface area (Å²) in [5.41, 5.74) is 5.51. The third kappa shape index (κ3) is 2.85. The molecule has 1 aromatic rings. The maximum absolute atomic E-state index is 11.7. The van der Waals surface area contributed by atoms with Crippen molar-refractivity contribution in [3.8, 4) is 0 Å². The van der Waals surface area contributed by atoms with Crippen LogP contribution >= 0.6 is 23.1 Å². The van der Waals surface area contributed by atoms with Gasteiger partial charge in [0.05, 0.1) is 16.2 Å². The highest BCUT2D eigenvalue weighted by molar-refractivity contribution is 8.01. The van der Waals surface area contributed by atoms with Crippen LogP contribution in [0, 0.1) is 0 Å². The van der Waals surface area contributed by atoms with Crippen molar-refractivity contribution in [2.45, 2.75) is 17.1 Å². The second kappa shape index (κ2) is 4.85. The van der Waals surface area contributed by atoms with Gasteiger partial charge in [0.15, 0.2) is 5.13 Å². The van der Waals surface area contributed by atoms with Crippen molar-refractivity contribution in [1.29, 1.82) is 0 Å². The monoisotopic (exact) mass is 243 g/mol. The maximum Gasteiger partial charge on any atom is 0.232 e. The average molecular weight is 243 g/mol. The molecule has 0 saturated carbocycles. The van der Waals surface area contributed by atoms with Gasteiger partial charge in [0.25, 0.3) is 0 Å². The van der Waals surface area contributed by atoms with Crippen molar-refractivity contribution in [3.05, 3.63) is 6.20 Å². The minimum absolute atomic E-state index is 0.226. The van der Waals surface area contributed by atoms with E-state index in [9.17, 15) is 4.79 Å². The van der Waals surface area contributed by atoms with E-state index in [2.05, 4.69) is 4.98 Å². The first kappa shape index (κ1) is 10.8. The summed E-state index contributed by atoms with van der Waals surface area (Å²) >= 11 is 2.95. The van der Waals surface area contributed by atoms with E-state index in [1.165, 1.54) is 23.1 Å². The summed E-state index contributed by atoms with van der Waals surface area (Å²) in [5, 5.41) is 0.561. The Kier molecular flexibility index (Phi) is 3.48. The zero-order chi connectivity index (χ0) is 10.7. The van der Waals surface area contributed by atoms with Gasteiger partial charge in [0.1, 0.15) is 0 Å². The Morgan fingerprint density at radius 3 is 2.93 bits per heavy atom. The average Bonchev–Trinajstić information content (AvgIpc) is 2.84. The van der Waals surface area contributed by atoms with Gasteiger partial charge in [-0.25, -0.2) is 4.98 Å². The van der Waals surface area contributed by atoms with E-state index in [1.807, 2.05) is 4.90 Å². The van der Waals surface area contributed by atoms with Gasteiger partial charge in [0.2, 0.25) is 5.91 Å². The molecule has 0 radical (unpaired) electrons. The predicted molar refractivity (Wildman–Crippen MR) is 63.1 cm³/mol. The Balaban J connectivity index is 1.80. The van der Waals surface area contributed by atoms with Crippen LogP contribution in [0.3, 0.4) is 0 Å². The highest BCUT2D eigenvalue weighted by atomic mass is 32.2. The summed E-state index contributed by atoms with van der Waals surface area (Å²) < 4.78 is 1.01. The van der Waals surface area contributed by atoms with Gasteiger partial charge >= 0.3 is 0 Å². The van der Waals surface area contributed by atoms with Gasteiger partial charge in [-0.1, -0.05) is 11.3 Å². The molecular formula is C9H13N3OS2. The number of aromatic nitrogens is 1. The smallest absolute Gasteiger partial charge is 0.232 e. The summed E-state index contributed by atoms with van der Waals surface area (Å²) in [6.45, 7) is 1.84. The van der Waals surface area contributed by atoms with Crippen LogP contribution in [-0.2, 0) is 4.79 Å². The Bertz CT molecular complexity index is 347. The number of carbonyl (C=O) groups is 1. The lowest BCUT2D eigenvalue weighted by Gasteiger charge is -2.13. The van der Waals surface area contributed by atoms with E-state index in [0.717, 1.165) is 30.1 Å². The SMILES string of the molecule is Nc1ncc(SCC(=O)N2CCCC2)s1. The summed E-state index contributed by atoms with van der Waals surface area (Å²) in [7, 11) is 0. The van der Waals surface area contributed by atoms with E-state index >= 15 is 0 Å². The number of nitrogens with zero attached hydrogens (tertiary/aromatic N) is 2. The minimum Gasteiger partial charge on any atom is -0.375 e. The molecule has 2 rings (SSSR count). The zero-order valence-corrected chi connectivity index (χ0v) is 9.94. The standard InChI is InChI=1S/C9H13N3OS2/c10-9-11-5-8(15-9)14-6-7(13)12-3-1-2-4-12/h5H,1-4,6H2,(H2,10,11). The number of hydrogen-bond donors (Lipinski definition) is 1. The second-order valence-electron chi connectivity index (χ2n) is 3.39. The maximum atomic E-state index is 11.7. The number of hydrogen-bond acceptors (Lipinski definition) is 5. The first-order valence-electron chi connectivity index (χ1n) is 4.87. The van der Waals surface area contributed by atoms with Crippen molar-refractivity contribution >= 4 is 34.1 Å². The normalized spacial score (nSPS) is 15.9. The van der Waals surface area contributed by atoms with Crippen LogP contribution in [0.15, 0.2) is 10.4 Å². The predicted octanol–water partition coefficient (Wildman–Crippen LogP) is 1.44. The molecule has 1 saturated heterocycles. The number of carbonyl (C=O) groups excluding carboxylic acids is 1. The fourth-order valence-corrected chi connectivity index (χ4v) is 3.19. The lowest BCUT2D eigenvalue weighted by Crippen LogP contribution is -2.29. The molecule has 0 aromatic carbocycles. The lowest BCUT2D eigenvalue weighted by atomic mass is 10.4. The number of rotatable bonds is 3. The molecule has 1 fully saturated rings. The number of amides is 1. The number of anilines is 1. The van der Waals surface area contributed by atoms with Crippen LogP contribution in [-0.4, -0.2) is 34.6 Å².